The number of phenolic OH excluding ortho intramolecular Hbond substituents is 1. The Morgan fingerprint density at radius 1 is 1.32 bits per heavy atom. The van der Waals surface area contributed by atoms with Gasteiger partial charge in [-0.25, -0.2) is 0 Å². The molecule has 1 aromatic carbocycles. The van der Waals surface area contributed by atoms with Crippen LogP contribution in [0.5, 0.6) is 11.5 Å². The van der Waals surface area contributed by atoms with Gasteiger partial charge in [0.25, 0.3) is 0 Å². The molecule has 31 heavy (non-hydrogen) atoms. The van der Waals surface area contributed by atoms with Crippen molar-refractivity contribution >= 4 is 6.21 Å². The summed E-state index contributed by atoms with van der Waals surface area (Å²) < 4.78 is 12.0. The second-order valence-electron chi connectivity index (χ2n) is 8.56. The van der Waals surface area contributed by atoms with Crippen LogP contribution in [0.2, 0.25) is 0 Å². The van der Waals surface area contributed by atoms with Gasteiger partial charge in [-0.1, -0.05) is 38.0 Å². The molecule has 5 nitrogen and oxygen atoms in total. The molecule has 5 heteroatoms. The van der Waals surface area contributed by atoms with Crippen LogP contribution >= 0.6 is 0 Å². The Morgan fingerprint density at radius 3 is 2.87 bits per heavy atom. The lowest BCUT2D eigenvalue weighted by Crippen LogP contribution is -2.32. The lowest BCUT2D eigenvalue weighted by molar-refractivity contribution is 0.147. The third-order valence-corrected chi connectivity index (χ3v) is 5.78. The second kappa shape index (κ2) is 11.2. The number of unbranched alkanes of at least 4 members (excludes halogenated alkanes) is 1. The van der Waals surface area contributed by atoms with E-state index in [0.717, 1.165) is 36.3 Å². The maximum atomic E-state index is 10.3. The standard InChI is InChI=1S/C26H36N2O3/c1-5-6-7-21-11-12-22(31-21)10-8-19-9-13-25(29)26(14-19)30-17-24(27-4)23-15-20(16-28-23)18(2)3/h9,11-16,18,21,24,27,29H,5-8,10,17H2,1-4H3. The monoisotopic (exact) mass is 424 g/mol. The van der Waals surface area contributed by atoms with Crippen molar-refractivity contribution in [2.75, 3.05) is 13.7 Å². The van der Waals surface area contributed by atoms with Crippen molar-refractivity contribution in [3.05, 3.63) is 59.7 Å². The van der Waals surface area contributed by atoms with Crippen LogP contribution in [0.1, 0.15) is 52.0 Å². The minimum atomic E-state index is -0.0387. The minimum Gasteiger partial charge on any atom is -0.592 e. The third kappa shape index (κ3) is 6.47. The molecule has 2 aliphatic heterocycles. The minimum absolute atomic E-state index is 0.0387. The van der Waals surface area contributed by atoms with E-state index in [2.05, 4.69) is 49.7 Å². The first-order chi connectivity index (χ1) is 15.0. The van der Waals surface area contributed by atoms with E-state index in [1.54, 1.807) is 6.07 Å². The number of likely N-dealkylation sites (N-methyl/N-ethyl adjacent to an activating group) is 1. The summed E-state index contributed by atoms with van der Waals surface area (Å²) in [5.41, 5.74) is 2.07. The van der Waals surface area contributed by atoms with Gasteiger partial charge in [-0.15, -0.1) is 4.99 Å². The van der Waals surface area contributed by atoms with E-state index in [4.69, 9.17) is 9.47 Å². The molecule has 0 saturated carbocycles. The largest absolute Gasteiger partial charge is 0.592 e. The van der Waals surface area contributed by atoms with Crippen LogP contribution in [0.25, 0.3) is 0 Å². The smallest absolute Gasteiger partial charge is 0.196 e. The van der Waals surface area contributed by atoms with Gasteiger partial charge >= 0.3 is 0 Å². The van der Waals surface area contributed by atoms with Gasteiger partial charge in [-0.2, -0.15) is 12.5 Å². The van der Waals surface area contributed by atoms with Gasteiger partial charge in [0.1, 0.15) is 24.8 Å². The van der Waals surface area contributed by atoms with Crippen LogP contribution in [-0.4, -0.2) is 37.1 Å². The van der Waals surface area contributed by atoms with E-state index in [1.165, 1.54) is 18.8 Å². The summed E-state index contributed by atoms with van der Waals surface area (Å²) in [4.78, 5) is 4.53. The first-order valence-corrected chi connectivity index (χ1v) is 11.4. The number of phenols is 1. The number of hydrogen-bond acceptors (Lipinski definition) is 5. The molecule has 2 unspecified atom stereocenters. The zero-order valence-electron chi connectivity index (χ0n) is 19.2. The maximum Gasteiger partial charge on any atom is 0.196 e. The highest BCUT2D eigenvalue weighted by Gasteiger charge is 2.30. The van der Waals surface area contributed by atoms with E-state index in [0.29, 0.717) is 18.3 Å². The van der Waals surface area contributed by atoms with Crippen molar-refractivity contribution < 1.29 is 14.6 Å². The number of nitrogens with zero attached hydrogens (tertiary/aromatic N) is 1. The number of allylic oxidation sites excluding steroid dienone is 2. The number of hydrogen-bond donors (Lipinski definition) is 2. The van der Waals surface area contributed by atoms with Crippen molar-refractivity contribution in [3.63, 3.8) is 0 Å². The maximum absolute atomic E-state index is 10.3. The summed E-state index contributed by atoms with van der Waals surface area (Å²) in [6.45, 7) is 6.91. The SMILES string of the molecule is CCCCC1[CH-]C=C(CCc2ccc(O)c(OCC(NC)C3=C[C+](C(C)C)C=N3)c2)O1. The van der Waals surface area contributed by atoms with Gasteiger partial charge in [0.2, 0.25) is 0 Å². The molecule has 0 bridgehead atoms. The average Bonchev–Trinajstić information content (AvgIpc) is 3.43. The Kier molecular flexibility index (Phi) is 8.35. The summed E-state index contributed by atoms with van der Waals surface area (Å²) in [5, 5.41) is 13.5. The van der Waals surface area contributed by atoms with E-state index >= 15 is 0 Å². The molecule has 2 aliphatic rings. The molecule has 2 heterocycles. The predicted molar refractivity (Wildman–Crippen MR) is 126 cm³/mol. The topological polar surface area (TPSA) is 63.1 Å². The Balaban J connectivity index is 1.53. The van der Waals surface area contributed by atoms with Crippen LogP contribution in [0.3, 0.4) is 0 Å². The summed E-state index contributed by atoms with van der Waals surface area (Å²) in [6, 6.07) is 5.53. The Hall–Kier alpha value is -2.53. The van der Waals surface area contributed by atoms with Gasteiger partial charge < -0.3 is 14.6 Å². The Labute approximate surface area is 187 Å². The zero-order valence-corrected chi connectivity index (χ0v) is 19.2. The first-order valence-electron chi connectivity index (χ1n) is 11.4. The Bertz CT molecular complexity index is 813. The summed E-state index contributed by atoms with van der Waals surface area (Å²) in [5.74, 6) is 3.36. The number of ether oxygens (including phenoxy) is 2. The molecule has 2 atom stereocenters. The first kappa shape index (κ1) is 23.1. The summed E-state index contributed by atoms with van der Waals surface area (Å²) in [6.07, 6.45) is 13.7. The van der Waals surface area contributed by atoms with Crippen LogP contribution in [0.4, 0.5) is 0 Å². The third-order valence-electron chi connectivity index (χ3n) is 5.78. The zero-order chi connectivity index (χ0) is 22.2. The molecule has 0 fully saturated rings. The number of aryl methyl sites for hydroxylation is 1. The summed E-state index contributed by atoms with van der Waals surface area (Å²) in [7, 11) is 1.90. The van der Waals surface area contributed by atoms with Gasteiger partial charge in [0.15, 0.2) is 23.2 Å². The second-order valence-corrected chi connectivity index (χ2v) is 8.56. The number of benzene rings is 1. The molecule has 0 spiro atoms. The lowest BCUT2D eigenvalue weighted by Gasteiger charge is -2.21. The molecule has 3 rings (SSSR count). The lowest BCUT2D eigenvalue weighted by atomic mass is 9.97. The van der Waals surface area contributed by atoms with Gasteiger partial charge in [-0.05, 0) is 51.4 Å². The van der Waals surface area contributed by atoms with Crippen molar-refractivity contribution in [3.8, 4) is 11.5 Å². The number of rotatable bonds is 12. The van der Waals surface area contributed by atoms with E-state index in [-0.39, 0.29) is 17.9 Å². The van der Waals surface area contributed by atoms with Crippen molar-refractivity contribution in [2.45, 2.75) is 65.0 Å². The molecule has 0 aromatic heterocycles. The number of aromatic hydroxyl groups is 1. The molecule has 1 aromatic rings. The van der Waals surface area contributed by atoms with Crippen molar-refractivity contribution in [2.24, 2.45) is 10.9 Å². The number of aliphatic imine (C=N–C) groups is 1. The predicted octanol–water partition coefficient (Wildman–Crippen LogP) is 5.17. The average molecular weight is 425 g/mol. The number of nitrogens with one attached hydrogen (secondary N) is 1. The molecule has 168 valence electrons. The van der Waals surface area contributed by atoms with Crippen molar-refractivity contribution in [1.82, 2.24) is 5.32 Å². The Morgan fingerprint density at radius 2 is 2.16 bits per heavy atom. The molecule has 0 radical (unpaired) electrons. The van der Waals surface area contributed by atoms with Gasteiger partial charge in [-0.3, -0.25) is 5.32 Å². The van der Waals surface area contributed by atoms with Gasteiger partial charge in [0.05, 0.1) is 0 Å². The highest BCUT2D eigenvalue weighted by Crippen LogP contribution is 2.30. The molecule has 2 N–H and O–H groups in total. The molecular formula is C26H36N2O3. The fraction of sp³-hybridized carbons (Fsp3) is 0.500. The van der Waals surface area contributed by atoms with E-state index in [9.17, 15) is 5.11 Å². The van der Waals surface area contributed by atoms with Crippen LogP contribution in [-0.2, 0) is 11.2 Å². The highest BCUT2D eigenvalue weighted by atomic mass is 16.5. The molecule has 0 aliphatic carbocycles. The van der Waals surface area contributed by atoms with E-state index < -0.39 is 0 Å². The quantitative estimate of drug-likeness (QED) is 0.455. The molecule has 0 amide bonds. The summed E-state index contributed by atoms with van der Waals surface area (Å²) >= 11 is 0. The fourth-order valence-corrected chi connectivity index (χ4v) is 3.68. The molecule has 0 saturated heterocycles. The van der Waals surface area contributed by atoms with Gasteiger partial charge in [0, 0.05) is 12.0 Å². The fourth-order valence-electron chi connectivity index (χ4n) is 3.68. The van der Waals surface area contributed by atoms with Crippen molar-refractivity contribution in [1.29, 1.82) is 0 Å². The van der Waals surface area contributed by atoms with E-state index in [1.807, 2.05) is 25.4 Å². The highest BCUT2D eigenvalue weighted by molar-refractivity contribution is 5.83. The van der Waals surface area contributed by atoms with Crippen LogP contribution in [0, 0.1) is 18.3 Å². The normalized spacial score (nSPS) is 18.6. The van der Waals surface area contributed by atoms with Crippen LogP contribution < -0.4 is 10.1 Å². The van der Waals surface area contributed by atoms with Crippen LogP contribution in [0.15, 0.2) is 46.8 Å². The molecular weight excluding hydrogens is 388 g/mol.